The summed E-state index contributed by atoms with van der Waals surface area (Å²) in [7, 11) is 0. The molecule has 1 amide bonds. The molecule has 1 aliphatic heterocycles. The van der Waals surface area contributed by atoms with Crippen molar-refractivity contribution >= 4 is 5.91 Å². The van der Waals surface area contributed by atoms with Crippen LogP contribution in [0, 0.1) is 5.92 Å². The molecule has 0 spiro atoms. The third-order valence-corrected chi connectivity index (χ3v) is 4.32. The molecule has 19 heavy (non-hydrogen) atoms. The molecule has 1 unspecified atom stereocenters. The van der Waals surface area contributed by atoms with E-state index in [9.17, 15) is 13.6 Å². The summed E-state index contributed by atoms with van der Waals surface area (Å²) in [5.41, 5.74) is 0. The number of rotatable bonds is 4. The second-order valence-corrected chi connectivity index (χ2v) is 6.01. The number of alkyl halides is 2. The zero-order valence-corrected chi connectivity index (χ0v) is 11.6. The monoisotopic (exact) mass is 274 g/mol. The van der Waals surface area contributed by atoms with Gasteiger partial charge in [-0.3, -0.25) is 10.1 Å². The Kier molecular flexibility index (Phi) is 4.76. The fraction of sp³-hybridized carbons (Fsp3) is 0.929. The predicted molar refractivity (Wildman–Crippen MR) is 70.2 cm³/mol. The number of amides is 1. The molecule has 0 aromatic heterocycles. The Balaban J connectivity index is 1.72. The van der Waals surface area contributed by atoms with Crippen LogP contribution in [0.2, 0.25) is 0 Å². The van der Waals surface area contributed by atoms with Gasteiger partial charge in [0.25, 0.3) is 5.92 Å². The Morgan fingerprint density at radius 2 is 2.00 bits per heavy atom. The normalized spacial score (nSPS) is 34.2. The maximum atomic E-state index is 13.0. The van der Waals surface area contributed by atoms with Gasteiger partial charge in [0.2, 0.25) is 5.91 Å². The van der Waals surface area contributed by atoms with Crippen LogP contribution in [-0.2, 0) is 4.79 Å². The molecule has 1 atom stereocenters. The first-order valence-electron chi connectivity index (χ1n) is 7.42. The van der Waals surface area contributed by atoms with Crippen molar-refractivity contribution in [2.75, 3.05) is 6.54 Å². The number of carbonyl (C=O) groups excluding carboxylic acids is 1. The van der Waals surface area contributed by atoms with E-state index in [-0.39, 0.29) is 24.9 Å². The maximum absolute atomic E-state index is 13.0. The van der Waals surface area contributed by atoms with Crippen LogP contribution in [0.5, 0.6) is 0 Å². The summed E-state index contributed by atoms with van der Waals surface area (Å²) in [6, 6.07) is -0.542. The van der Waals surface area contributed by atoms with Gasteiger partial charge in [-0.25, -0.2) is 8.78 Å². The summed E-state index contributed by atoms with van der Waals surface area (Å²) in [6.07, 6.45) is 6.36. The van der Waals surface area contributed by atoms with Gasteiger partial charge in [0.15, 0.2) is 0 Å². The van der Waals surface area contributed by atoms with Crippen molar-refractivity contribution in [3.05, 3.63) is 0 Å². The first-order valence-corrected chi connectivity index (χ1v) is 7.42. The molecule has 1 aliphatic carbocycles. The lowest BCUT2D eigenvalue weighted by Gasteiger charge is -2.29. The number of carbonyl (C=O) groups is 1. The molecular formula is C14H24F2N2O. The molecule has 2 fully saturated rings. The van der Waals surface area contributed by atoms with E-state index in [1.165, 1.54) is 12.8 Å². The quantitative estimate of drug-likeness (QED) is 0.827. The van der Waals surface area contributed by atoms with Gasteiger partial charge in [0.05, 0.1) is 12.6 Å². The molecule has 0 aromatic rings. The van der Waals surface area contributed by atoms with Crippen LogP contribution >= 0.6 is 0 Å². The van der Waals surface area contributed by atoms with Crippen LogP contribution in [0.4, 0.5) is 8.78 Å². The average Bonchev–Trinajstić information content (AvgIpc) is 2.73. The average molecular weight is 274 g/mol. The van der Waals surface area contributed by atoms with E-state index in [0.717, 1.165) is 31.6 Å². The molecule has 1 heterocycles. The topological polar surface area (TPSA) is 41.1 Å². The summed E-state index contributed by atoms with van der Waals surface area (Å²) < 4.78 is 26.1. The van der Waals surface area contributed by atoms with E-state index in [2.05, 4.69) is 17.6 Å². The largest absolute Gasteiger partial charge is 0.352 e. The zero-order valence-electron chi connectivity index (χ0n) is 11.6. The number of hydrogen-bond acceptors (Lipinski definition) is 2. The first-order chi connectivity index (χ1) is 9.00. The van der Waals surface area contributed by atoms with Gasteiger partial charge >= 0.3 is 0 Å². The third kappa shape index (κ3) is 4.13. The number of nitrogens with one attached hydrogen (secondary N) is 2. The second-order valence-electron chi connectivity index (χ2n) is 6.01. The first kappa shape index (κ1) is 14.7. The van der Waals surface area contributed by atoms with Gasteiger partial charge in [0, 0.05) is 12.5 Å². The number of hydrogen-bond donors (Lipinski definition) is 2. The van der Waals surface area contributed by atoms with E-state index < -0.39 is 12.0 Å². The van der Waals surface area contributed by atoms with Crippen LogP contribution < -0.4 is 10.6 Å². The van der Waals surface area contributed by atoms with Crippen LogP contribution in [-0.4, -0.2) is 30.5 Å². The molecule has 0 bridgehead atoms. The summed E-state index contributed by atoms with van der Waals surface area (Å²) >= 11 is 0. The Morgan fingerprint density at radius 3 is 2.53 bits per heavy atom. The summed E-state index contributed by atoms with van der Waals surface area (Å²) in [5, 5.41) is 5.53. The molecule has 1 saturated carbocycles. The van der Waals surface area contributed by atoms with E-state index in [1.54, 1.807) is 0 Å². The highest BCUT2D eigenvalue weighted by molar-refractivity contribution is 5.82. The Labute approximate surface area is 113 Å². The predicted octanol–water partition coefficient (Wildman–Crippen LogP) is 2.46. The smallest absolute Gasteiger partial charge is 0.262 e. The minimum Gasteiger partial charge on any atom is -0.352 e. The fourth-order valence-electron chi connectivity index (χ4n) is 3.21. The van der Waals surface area contributed by atoms with E-state index in [1.807, 2.05) is 0 Å². The molecule has 0 aromatic carbocycles. The van der Waals surface area contributed by atoms with Crippen molar-refractivity contribution in [1.82, 2.24) is 10.6 Å². The van der Waals surface area contributed by atoms with Gasteiger partial charge in [-0.15, -0.1) is 0 Å². The molecule has 3 nitrogen and oxygen atoms in total. The summed E-state index contributed by atoms with van der Waals surface area (Å²) in [5.74, 6) is -2.20. The van der Waals surface area contributed by atoms with Gasteiger partial charge in [-0.2, -0.15) is 0 Å². The van der Waals surface area contributed by atoms with Crippen LogP contribution in [0.25, 0.3) is 0 Å². The van der Waals surface area contributed by atoms with Crippen LogP contribution in [0.1, 0.15) is 51.9 Å². The minimum atomic E-state index is -2.74. The summed E-state index contributed by atoms with van der Waals surface area (Å²) in [6.45, 7) is 1.81. The van der Waals surface area contributed by atoms with Gasteiger partial charge in [-0.05, 0) is 31.6 Å². The molecule has 5 heteroatoms. The molecule has 2 rings (SSSR count). The minimum absolute atomic E-state index is 0.177. The zero-order chi connectivity index (χ0) is 13.9. The van der Waals surface area contributed by atoms with Crippen molar-refractivity contribution in [2.45, 2.75) is 69.9 Å². The van der Waals surface area contributed by atoms with Crippen molar-refractivity contribution < 1.29 is 13.6 Å². The van der Waals surface area contributed by atoms with E-state index in [4.69, 9.17) is 0 Å². The third-order valence-electron chi connectivity index (χ3n) is 4.32. The molecule has 1 saturated heterocycles. The van der Waals surface area contributed by atoms with E-state index in [0.29, 0.717) is 0 Å². The maximum Gasteiger partial charge on any atom is 0.262 e. The van der Waals surface area contributed by atoms with Gasteiger partial charge in [-0.1, -0.05) is 19.8 Å². The van der Waals surface area contributed by atoms with E-state index >= 15 is 0 Å². The van der Waals surface area contributed by atoms with Gasteiger partial charge in [0.1, 0.15) is 0 Å². The molecule has 2 aliphatic rings. The lowest BCUT2D eigenvalue weighted by Crippen LogP contribution is -2.46. The van der Waals surface area contributed by atoms with Gasteiger partial charge < -0.3 is 5.32 Å². The SMILES string of the molecule is CCCC1CCC(NC(=O)C2CC(F)(F)CN2)CC1. The van der Waals surface area contributed by atoms with Crippen molar-refractivity contribution in [3.63, 3.8) is 0 Å². The standard InChI is InChI=1S/C14H24F2N2O/c1-2-3-10-4-6-11(7-5-10)18-13(19)12-8-14(15,16)9-17-12/h10-12,17H,2-9H2,1H3,(H,18,19). The lowest BCUT2D eigenvalue weighted by molar-refractivity contribution is -0.124. The molecule has 0 radical (unpaired) electrons. The highest BCUT2D eigenvalue weighted by Crippen LogP contribution is 2.29. The number of halogens is 2. The molecular weight excluding hydrogens is 250 g/mol. The Morgan fingerprint density at radius 1 is 1.32 bits per heavy atom. The van der Waals surface area contributed by atoms with Crippen molar-refractivity contribution in [3.8, 4) is 0 Å². The van der Waals surface area contributed by atoms with Crippen LogP contribution in [0.15, 0.2) is 0 Å². The highest BCUT2D eigenvalue weighted by atomic mass is 19.3. The molecule has 110 valence electrons. The fourth-order valence-corrected chi connectivity index (χ4v) is 3.21. The van der Waals surface area contributed by atoms with Crippen molar-refractivity contribution in [2.24, 2.45) is 5.92 Å². The highest BCUT2D eigenvalue weighted by Gasteiger charge is 2.42. The Hall–Kier alpha value is -0.710. The van der Waals surface area contributed by atoms with Crippen LogP contribution in [0.3, 0.4) is 0 Å². The van der Waals surface area contributed by atoms with Crippen molar-refractivity contribution in [1.29, 1.82) is 0 Å². The summed E-state index contributed by atoms with van der Waals surface area (Å²) in [4.78, 5) is 11.9. The molecule has 2 N–H and O–H groups in total. The Bertz CT molecular complexity index is 315. The lowest BCUT2D eigenvalue weighted by atomic mass is 9.83. The second kappa shape index (κ2) is 6.16.